The quantitative estimate of drug-likeness (QED) is 0.831. The summed E-state index contributed by atoms with van der Waals surface area (Å²) < 4.78 is 0.588. The Morgan fingerprint density at radius 1 is 1.26 bits per heavy atom. The number of rotatable bonds is 7. The predicted molar refractivity (Wildman–Crippen MR) is 77.5 cm³/mol. The molecule has 0 unspecified atom stereocenters. The van der Waals surface area contributed by atoms with Gasteiger partial charge in [0.25, 0.3) is 0 Å². The summed E-state index contributed by atoms with van der Waals surface area (Å²) in [5.41, 5.74) is 0. The second kappa shape index (κ2) is 8.06. The van der Waals surface area contributed by atoms with Gasteiger partial charge in [0.1, 0.15) is 4.60 Å². The molecule has 1 rings (SSSR count). The number of amides is 1. The highest BCUT2D eigenvalue weighted by molar-refractivity contribution is 9.10. The van der Waals surface area contributed by atoms with Crippen LogP contribution in [0.3, 0.4) is 0 Å². The molecule has 1 aromatic heterocycles. The van der Waals surface area contributed by atoms with E-state index in [1.165, 1.54) is 17.3 Å². The minimum atomic E-state index is -1.00. The van der Waals surface area contributed by atoms with Gasteiger partial charge in [-0.3, -0.25) is 4.90 Å². The second-order valence-electron chi connectivity index (χ2n) is 4.01. The van der Waals surface area contributed by atoms with Crippen LogP contribution in [0.2, 0.25) is 0 Å². The zero-order valence-electron chi connectivity index (χ0n) is 11.2. The van der Waals surface area contributed by atoms with Gasteiger partial charge in [0.15, 0.2) is 5.82 Å². The molecule has 0 spiro atoms. The van der Waals surface area contributed by atoms with Crippen LogP contribution in [0.5, 0.6) is 0 Å². The Morgan fingerprint density at radius 2 is 1.95 bits per heavy atom. The van der Waals surface area contributed by atoms with Crippen molar-refractivity contribution in [1.29, 1.82) is 0 Å². The van der Waals surface area contributed by atoms with Crippen LogP contribution in [0.1, 0.15) is 20.3 Å². The van der Waals surface area contributed by atoms with Gasteiger partial charge in [-0.15, -0.1) is 0 Å². The van der Waals surface area contributed by atoms with Crippen LogP contribution < -0.4 is 4.90 Å². The van der Waals surface area contributed by atoms with Crippen molar-refractivity contribution in [3.63, 3.8) is 0 Å². The number of nitrogens with zero attached hydrogens (tertiary/aromatic N) is 4. The number of hydrogen-bond donors (Lipinski definition) is 1. The van der Waals surface area contributed by atoms with Gasteiger partial charge in [-0.05, 0) is 42.0 Å². The first-order valence-corrected chi connectivity index (χ1v) is 7.08. The Kier molecular flexibility index (Phi) is 6.72. The van der Waals surface area contributed by atoms with E-state index in [9.17, 15) is 9.90 Å². The first-order valence-electron chi connectivity index (χ1n) is 6.28. The summed E-state index contributed by atoms with van der Waals surface area (Å²) in [4.78, 5) is 22.8. The van der Waals surface area contributed by atoms with Crippen molar-refractivity contribution in [2.75, 3.05) is 31.1 Å². The fraction of sp³-hybridized carbons (Fsp3) is 0.583. The van der Waals surface area contributed by atoms with Gasteiger partial charge >= 0.3 is 6.09 Å². The summed E-state index contributed by atoms with van der Waals surface area (Å²) in [6, 6.07) is 0. The minimum absolute atomic E-state index is 0.357. The van der Waals surface area contributed by atoms with Crippen molar-refractivity contribution in [3.05, 3.63) is 17.0 Å². The van der Waals surface area contributed by atoms with E-state index in [4.69, 9.17) is 0 Å². The fourth-order valence-corrected chi connectivity index (χ4v) is 1.95. The highest BCUT2D eigenvalue weighted by atomic mass is 79.9. The average molecular weight is 331 g/mol. The Labute approximate surface area is 121 Å². The molecule has 19 heavy (non-hydrogen) atoms. The van der Waals surface area contributed by atoms with Crippen LogP contribution in [0, 0.1) is 0 Å². The number of carbonyl (C=O) groups is 1. The van der Waals surface area contributed by atoms with Crippen LogP contribution in [0.4, 0.5) is 10.6 Å². The van der Waals surface area contributed by atoms with Crippen LogP contribution >= 0.6 is 15.9 Å². The third kappa shape index (κ3) is 5.12. The molecule has 0 radical (unpaired) electrons. The Morgan fingerprint density at radius 3 is 2.42 bits per heavy atom. The monoisotopic (exact) mass is 330 g/mol. The van der Waals surface area contributed by atoms with Crippen LogP contribution in [0.25, 0.3) is 0 Å². The zero-order chi connectivity index (χ0) is 14.3. The molecule has 0 saturated carbocycles. The van der Waals surface area contributed by atoms with Gasteiger partial charge in [0.2, 0.25) is 0 Å². The van der Waals surface area contributed by atoms with Crippen LogP contribution in [0.15, 0.2) is 17.0 Å². The predicted octanol–water partition coefficient (Wildman–Crippen LogP) is 2.46. The molecule has 1 amide bonds. The molecule has 0 aliphatic heterocycles. The lowest BCUT2D eigenvalue weighted by Crippen LogP contribution is -2.34. The smallest absolute Gasteiger partial charge is 0.413 e. The van der Waals surface area contributed by atoms with E-state index in [0.717, 1.165) is 26.1 Å². The molecule has 0 aliphatic carbocycles. The lowest BCUT2D eigenvalue weighted by atomic mass is 10.3. The maximum Gasteiger partial charge on any atom is 0.413 e. The molecule has 1 N–H and O–H groups in total. The van der Waals surface area contributed by atoms with Crippen molar-refractivity contribution < 1.29 is 9.90 Å². The van der Waals surface area contributed by atoms with E-state index in [0.29, 0.717) is 17.0 Å². The average Bonchev–Trinajstić information content (AvgIpc) is 2.40. The van der Waals surface area contributed by atoms with Crippen molar-refractivity contribution in [3.8, 4) is 0 Å². The molecular weight excluding hydrogens is 312 g/mol. The van der Waals surface area contributed by atoms with E-state index in [1.54, 1.807) is 0 Å². The van der Waals surface area contributed by atoms with Crippen molar-refractivity contribution in [2.24, 2.45) is 0 Å². The molecule has 106 valence electrons. The lowest BCUT2D eigenvalue weighted by Gasteiger charge is -2.21. The number of halogens is 1. The van der Waals surface area contributed by atoms with Crippen molar-refractivity contribution in [2.45, 2.75) is 20.3 Å². The summed E-state index contributed by atoms with van der Waals surface area (Å²) in [6.07, 6.45) is 2.72. The highest BCUT2D eigenvalue weighted by Gasteiger charge is 2.15. The van der Waals surface area contributed by atoms with E-state index >= 15 is 0 Å². The molecule has 0 fully saturated rings. The largest absolute Gasteiger partial charge is 0.465 e. The first kappa shape index (κ1) is 15.8. The molecule has 7 heteroatoms. The molecule has 0 saturated heterocycles. The first-order chi connectivity index (χ1) is 9.08. The van der Waals surface area contributed by atoms with E-state index in [2.05, 4.69) is 44.6 Å². The topological polar surface area (TPSA) is 69.6 Å². The maximum absolute atomic E-state index is 11.2. The number of aromatic nitrogens is 2. The summed E-state index contributed by atoms with van der Waals surface area (Å²) in [5.74, 6) is 0.357. The molecular formula is C12H19BrN4O2. The van der Waals surface area contributed by atoms with Crippen molar-refractivity contribution >= 4 is 27.8 Å². The lowest BCUT2D eigenvalue weighted by molar-refractivity contribution is 0.200. The third-order valence-electron chi connectivity index (χ3n) is 2.86. The maximum atomic E-state index is 11.2. The molecule has 6 nitrogen and oxygen atoms in total. The zero-order valence-corrected chi connectivity index (χ0v) is 12.8. The second-order valence-corrected chi connectivity index (χ2v) is 4.82. The summed E-state index contributed by atoms with van der Waals surface area (Å²) in [7, 11) is 0. The number of hydrogen-bond acceptors (Lipinski definition) is 4. The van der Waals surface area contributed by atoms with Crippen LogP contribution in [-0.4, -0.2) is 52.2 Å². The van der Waals surface area contributed by atoms with Crippen molar-refractivity contribution in [1.82, 2.24) is 14.9 Å². The van der Waals surface area contributed by atoms with Gasteiger partial charge in [-0.25, -0.2) is 14.8 Å². The molecule has 0 aliphatic rings. The molecule has 0 aromatic carbocycles. The van der Waals surface area contributed by atoms with Gasteiger partial charge in [-0.1, -0.05) is 13.8 Å². The standard InChI is InChI=1S/C12H19BrN4O2/c1-3-16(4-2)6-5-7-17(12(18)19)11-9-14-10(13)8-15-11/h8-9H,3-7H2,1-2H3,(H,18,19). The van der Waals surface area contributed by atoms with Gasteiger partial charge in [0, 0.05) is 6.54 Å². The van der Waals surface area contributed by atoms with Gasteiger partial charge < -0.3 is 10.0 Å². The van der Waals surface area contributed by atoms with E-state index in [1.807, 2.05) is 0 Å². The summed E-state index contributed by atoms with van der Waals surface area (Å²) in [6.45, 7) is 7.43. The fourth-order valence-electron chi connectivity index (χ4n) is 1.75. The normalized spacial score (nSPS) is 10.7. The Hall–Kier alpha value is -1.21. The van der Waals surface area contributed by atoms with E-state index in [-0.39, 0.29) is 0 Å². The van der Waals surface area contributed by atoms with Gasteiger partial charge in [0.05, 0.1) is 12.4 Å². The number of carboxylic acid groups (broad SMARTS) is 1. The summed E-state index contributed by atoms with van der Waals surface area (Å²) in [5, 5.41) is 9.21. The van der Waals surface area contributed by atoms with E-state index < -0.39 is 6.09 Å². The minimum Gasteiger partial charge on any atom is -0.465 e. The van der Waals surface area contributed by atoms with Crippen LogP contribution in [-0.2, 0) is 0 Å². The Balaban J connectivity index is 2.59. The SMILES string of the molecule is CCN(CC)CCCN(C(=O)O)c1cnc(Br)cn1. The molecule has 1 heterocycles. The molecule has 1 aromatic rings. The molecule has 0 atom stereocenters. The molecule has 0 bridgehead atoms. The van der Waals surface area contributed by atoms with Gasteiger partial charge in [-0.2, -0.15) is 0 Å². The summed E-state index contributed by atoms with van der Waals surface area (Å²) >= 11 is 3.18. The Bertz CT molecular complexity index is 395. The number of anilines is 1. The highest BCUT2D eigenvalue weighted by Crippen LogP contribution is 2.12. The third-order valence-corrected chi connectivity index (χ3v) is 3.27.